The molecule has 1 heterocycles. The molecule has 0 aromatic heterocycles. The van der Waals surface area contributed by atoms with E-state index in [-0.39, 0.29) is 11.9 Å². The second kappa shape index (κ2) is 5.03. The Bertz CT molecular complexity index is 607. The molecule has 0 saturated carbocycles. The first kappa shape index (κ1) is 13.9. The monoisotopic (exact) mass is 280 g/mol. The number of carbonyl (C=O) groups excluding carboxylic acids is 1. The quantitative estimate of drug-likeness (QED) is 0.773. The van der Waals surface area contributed by atoms with E-state index in [2.05, 4.69) is 62.4 Å². The normalized spacial score (nSPS) is 20.3. The summed E-state index contributed by atoms with van der Waals surface area (Å²) in [6, 6.07) is 16.6. The van der Waals surface area contributed by atoms with Gasteiger partial charge in [-0.2, -0.15) is 0 Å². The Morgan fingerprint density at radius 3 is 1.67 bits per heavy atom. The molecule has 3 rings (SSSR count). The molecular formula is C19H20O2. The molecule has 1 fully saturated rings. The molecule has 0 N–H and O–H groups in total. The predicted molar refractivity (Wildman–Crippen MR) is 83.0 cm³/mol. The second-order valence-electron chi connectivity index (χ2n) is 6.09. The standard InChI is InChI=1S/C19H20O2/c1-13-4-8-16(9-5-13)19(12-15(3)18(20)21-19)17-10-6-14(2)7-11-17/h4-11,15H,12H2,1-3H3. The molecule has 0 bridgehead atoms. The van der Waals surface area contributed by atoms with Crippen molar-refractivity contribution in [2.24, 2.45) is 5.92 Å². The maximum absolute atomic E-state index is 12.0. The fourth-order valence-electron chi connectivity index (χ4n) is 2.99. The van der Waals surface area contributed by atoms with Crippen molar-refractivity contribution in [1.82, 2.24) is 0 Å². The summed E-state index contributed by atoms with van der Waals surface area (Å²) in [4.78, 5) is 12.0. The van der Waals surface area contributed by atoms with Gasteiger partial charge in [-0.1, -0.05) is 66.6 Å². The molecule has 2 nitrogen and oxygen atoms in total. The zero-order valence-electron chi connectivity index (χ0n) is 12.7. The Labute approximate surface area is 125 Å². The second-order valence-corrected chi connectivity index (χ2v) is 6.09. The Hall–Kier alpha value is -2.09. The summed E-state index contributed by atoms with van der Waals surface area (Å²) in [6.07, 6.45) is 0.692. The summed E-state index contributed by atoms with van der Waals surface area (Å²) in [5.74, 6) is -0.191. The van der Waals surface area contributed by atoms with Crippen LogP contribution in [0.2, 0.25) is 0 Å². The van der Waals surface area contributed by atoms with Gasteiger partial charge in [-0.05, 0) is 13.8 Å². The van der Waals surface area contributed by atoms with E-state index < -0.39 is 5.60 Å². The van der Waals surface area contributed by atoms with Crippen LogP contribution in [0.3, 0.4) is 0 Å². The molecule has 1 unspecified atom stereocenters. The topological polar surface area (TPSA) is 26.3 Å². The lowest BCUT2D eigenvalue weighted by atomic mass is 9.81. The van der Waals surface area contributed by atoms with Crippen molar-refractivity contribution in [2.45, 2.75) is 32.8 Å². The lowest BCUT2D eigenvalue weighted by molar-refractivity contribution is -0.148. The van der Waals surface area contributed by atoms with E-state index in [1.165, 1.54) is 11.1 Å². The fraction of sp³-hybridized carbons (Fsp3) is 0.316. The van der Waals surface area contributed by atoms with Crippen molar-refractivity contribution < 1.29 is 9.53 Å². The van der Waals surface area contributed by atoms with Crippen LogP contribution < -0.4 is 0 Å². The lowest BCUT2D eigenvalue weighted by Crippen LogP contribution is -2.27. The SMILES string of the molecule is Cc1ccc(C2(c3ccc(C)cc3)CC(C)C(=O)O2)cc1. The number of carbonyl (C=O) groups is 1. The van der Waals surface area contributed by atoms with Gasteiger partial charge in [0, 0.05) is 17.5 Å². The van der Waals surface area contributed by atoms with Crippen molar-refractivity contribution in [3.63, 3.8) is 0 Å². The van der Waals surface area contributed by atoms with Crippen LogP contribution in [0.1, 0.15) is 35.6 Å². The minimum Gasteiger partial charge on any atom is -0.449 e. The molecule has 1 saturated heterocycles. The van der Waals surface area contributed by atoms with Crippen LogP contribution in [0.4, 0.5) is 0 Å². The van der Waals surface area contributed by atoms with Crippen molar-refractivity contribution in [2.75, 3.05) is 0 Å². The van der Waals surface area contributed by atoms with Crippen LogP contribution in [0.25, 0.3) is 0 Å². The van der Waals surface area contributed by atoms with E-state index in [4.69, 9.17) is 4.74 Å². The Morgan fingerprint density at radius 2 is 1.33 bits per heavy atom. The third-order valence-corrected chi connectivity index (χ3v) is 4.31. The summed E-state index contributed by atoms with van der Waals surface area (Å²) in [5.41, 5.74) is 3.87. The van der Waals surface area contributed by atoms with E-state index in [9.17, 15) is 4.79 Å². The number of aryl methyl sites for hydroxylation is 2. The molecule has 0 amide bonds. The summed E-state index contributed by atoms with van der Waals surface area (Å²) < 4.78 is 5.87. The molecule has 0 radical (unpaired) electrons. The molecule has 21 heavy (non-hydrogen) atoms. The minimum absolute atomic E-state index is 0.0763. The summed E-state index contributed by atoms with van der Waals surface area (Å²) in [5, 5.41) is 0. The molecule has 108 valence electrons. The van der Waals surface area contributed by atoms with Crippen molar-refractivity contribution in [1.29, 1.82) is 0 Å². The lowest BCUT2D eigenvalue weighted by Gasteiger charge is -2.29. The first-order chi connectivity index (χ1) is 10.0. The highest BCUT2D eigenvalue weighted by atomic mass is 16.6. The molecule has 0 spiro atoms. The maximum Gasteiger partial charge on any atom is 0.310 e. The molecule has 2 aromatic carbocycles. The van der Waals surface area contributed by atoms with Gasteiger partial charge in [0.1, 0.15) is 0 Å². The number of cyclic esters (lactones) is 1. The van der Waals surface area contributed by atoms with Crippen molar-refractivity contribution >= 4 is 5.97 Å². The molecule has 1 atom stereocenters. The average molecular weight is 280 g/mol. The Morgan fingerprint density at radius 1 is 0.905 bits per heavy atom. The summed E-state index contributed by atoms with van der Waals surface area (Å²) in [7, 11) is 0. The fourth-order valence-corrected chi connectivity index (χ4v) is 2.99. The van der Waals surface area contributed by atoms with Crippen LogP contribution in [-0.2, 0) is 15.1 Å². The van der Waals surface area contributed by atoms with E-state index in [0.29, 0.717) is 6.42 Å². The smallest absolute Gasteiger partial charge is 0.310 e. The first-order valence-electron chi connectivity index (χ1n) is 7.38. The van der Waals surface area contributed by atoms with E-state index in [1.807, 2.05) is 6.92 Å². The third kappa shape index (κ3) is 2.35. The summed E-state index contributed by atoms with van der Waals surface area (Å²) in [6.45, 7) is 6.06. The van der Waals surface area contributed by atoms with Crippen LogP contribution in [0, 0.1) is 19.8 Å². The molecule has 2 aromatic rings. The number of esters is 1. The maximum atomic E-state index is 12.0. The number of benzene rings is 2. The number of hydrogen-bond donors (Lipinski definition) is 0. The highest BCUT2D eigenvalue weighted by molar-refractivity contribution is 5.76. The van der Waals surface area contributed by atoms with Gasteiger partial charge in [-0.15, -0.1) is 0 Å². The largest absolute Gasteiger partial charge is 0.449 e. The van der Waals surface area contributed by atoms with Gasteiger partial charge >= 0.3 is 5.97 Å². The molecular weight excluding hydrogens is 260 g/mol. The van der Waals surface area contributed by atoms with Gasteiger partial charge in [0.15, 0.2) is 5.60 Å². The molecule has 0 aliphatic carbocycles. The minimum atomic E-state index is -0.641. The van der Waals surface area contributed by atoms with Crippen LogP contribution in [0.5, 0.6) is 0 Å². The highest BCUT2D eigenvalue weighted by Crippen LogP contribution is 2.45. The number of rotatable bonds is 2. The zero-order chi connectivity index (χ0) is 15.0. The van der Waals surface area contributed by atoms with Crippen molar-refractivity contribution in [3.8, 4) is 0 Å². The van der Waals surface area contributed by atoms with E-state index >= 15 is 0 Å². The molecule has 1 aliphatic heterocycles. The van der Waals surface area contributed by atoms with E-state index in [0.717, 1.165) is 11.1 Å². The van der Waals surface area contributed by atoms with Gasteiger partial charge in [-0.3, -0.25) is 4.79 Å². The average Bonchev–Trinajstić information content (AvgIpc) is 2.77. The molecule has 2 heteroatoms. The van der Waals surface area contributed by atoms with Crippen LogP contribution in [-0.4, -0.2) is 5.97 Å². The van der Waals surface area contributed by atoms with Crippen molar-refractivity contribution in [3.05, 3.63) is 70.8 Å². The predicted octanol–water partition coefficient (Wildman–Crippen LogP) is 4.13. The Balaban J connectivity index is 2.14. The van der Waals surface area contributed by atoms with Gasteiger partial charge in [-0.25, -0.2) is 0 Å². The van der Waals surface area contributed by atoms with Crippen LogP contribution in [0.15, 0.2) is 48.5 Å². The summed E-state index contributed by atoms with van der Waals surface area (Å²) >= 11 is 0. The van der Waals surface area contributed by atoms with Gasteiger partial charge < -0.3 is 4.74 Å². The van der Waals surface area contributed by atoms with Gasteiger partial charge in [0.25, 0.3) is 0 Å². The zero-order valence-corrected chi connectivity index (χ0v) is 12.7. The van der Waals surface area contributed by atoms with E-state index in [1.54, 1.807) is 0 Å². The van der Waals surface area contributed by atoms with Crippen LogP contribution >= 0.6 is 0 Å². The third-order valence-electron chi connectivity index (χ3n) is 4.31. The van der Waals surface area contributed by atoms with Gasteiger partial charge in [0.2, 0.25) is 0 Å². The highest BCUT2D eigenvalue weighted by Gasteiger charge is 2.47. The van der Waals surface area contributed by atoms with Gasteiger partial charge in [0.05, 0.1) is 5.92 Å². The number of ether oxygens (including phenoxy) is 1. The molecule has 1 aliphatic rings. The Kier molecular flexibility index (Phi) is 3.32. The number of hydrogen-bond acceptors (Lipinski definition) is 2. The first-order valence-corrected chi connectivity index (χ1v) is 7.38.